The second kappa shape index (κ2) is 5.21. The summed E-state index contributed by atoms with van der Waals surface area (Å²) in [7, 11) is 1.64. The molecular weight excluding hydrogens is 267 g/mol. The van der Waals surface area contributed by atoms with Crippen molar-refractivity contribution in [1.29, 1.82) is 5.26 Å². The second-order valence-electron chi connectivity index (χ2n) is 4.11. The smallest absolute Gasteiger partial charge is 0.343 e. The second-order valence-corrected chi connectivity index (χ2v) is 4.11. The number of anilines is 2. The van der Waals surface area contributed by atoms with Crippen molar-refractivity contribution < 1.29 is 13.2 Å². The van der Waals surface area contributed by atoms with E-state index < -0.39 is 11.7 Å². The lowest BCUT2D eigenvalue weighted by atomic mass is 10.1. The number of alkyl halides is 3. The summed E-state index contributed by atoms with van der Waals surface area (Å²) in [6.07, 6.45) is -1.43. The van der Waals surface area contributed by atoms with Gasteiger partial charge in [-0.2, -0.15) is 18.4 Å². The molecule has 0 aliphatic heterocycles. The fourth-order valence-electron chi connectivity index (χ4n) is 1.77. The standard InChI is InChI=1S/C14H10F3N3/c1-20(12-3-2-6-19-9-12)11-5-4-10(8-18)13(7-11)14(15,16)17/h2-7,9H,1H3. The summed E-state index contributed by atoms with van der Waals surface area (Å²) in [5.41, 5.74) is -0.330. The molecule has 2 rings (SSSR count). The van der Waals surface area contributed by atoms with Crippen molar-refractivity contribution in [3.05, 3.63) is 53.9 Å². The van der Waals surface area contributed by atoms with E-state index in [1.165, 1.54) is 12.1 Å². The van der Waals surface area contributed by atoms with E-state index in [4.69, 9.17) is 5.26 Å². The molecule has 1 aromatic heterocycles. The van der Waals surface area contributed by atoms with Gasteiger partial charge < -0.3 is 4.90 Å². The van der Waals surface area contributed by atoms with Crippen LogP contribution in [-0.2, 0) is 6.18 Å². The van der Waals surface area contributed by atoms with E-state index in [-0.39, 0.29) is 5.56 Å². The highest BCUT2D eigenvalue weighted by Crippen LogP contribution is 2.35. The van der Waals surface area contributed by atoms with Crippen LogP contribution in [0, 0.1) is 11.3 Å². The molecule has 1 aromatic carbocycles. The molecular formula is C14H10F3N3. The molecule has 0 saturated carbocycles. The van der Waals surface area contributed by atoms with Gasteiger partial charge in [-0.25, -0.2) is 0 Å². The van der Waals surface area contributed by atoms with Gasteiger partial charge in [0.15, 0.2) is 0 Å². The Morgan fingerprint density at radius 2 is 1.95 bits per heavy atom. The number of halogens is 3. The first-order valence-electron chi connectivity index (χ1n) is 5.68. The monoisotopic (exact) mass is 277 g/mol. The quantitative estimate of drug-likeness (QED) is 0.839. The molecule has 3 nitrogen and oxygen atoms in total. The third kappa shape index (κ3) is 2.72. The minimum Gasteiger partial charge on any atom is -0.343 e. The van der Waals surface area contributed by atoms with Crippen molar-refractivity contribution in [3.8, 4) is 6.07 Å². The third-order valence-electron chi connectivity index (χ3n) is 2.85. The number of nitrogens with zero attached hydrogens (tertiary/aromatic N) is 3. The van der Waals surface area contributed by atoms with Crippen LogP contribution in [0.15, 0.2) is 42.7 Å². The first-order valence-corrected chi connectivity index (χ1v) is 5.68. The van der Waals surface area contributed by atoms with Gasteiger partial charge in [0.05, 0.1) is 29.1 Å². The largest absolute Gasteiger partial charge is 0.417 e. The molecule has 0 N–H and O–H groups in total. The van der Waals surface area contributed by atoms with Crippen molar-refractivity contribution in [2.75, 3.05) is 11.9 Å². The van der Waals surface area contributed by atoms with Gasteiger partial charge in [0.2, 0.25) is 0 Å². The Balaban J connectivity index is 2.47. The summed E-state index contributed by atoms with van der Waals surface area (Å²) in [4.78, 5) is 5.49. The predicted molar refractivity (Wildman–Crippen MR) is 68.5 cm³/mol. The van der Waals surface area contributed by atoms with Gasteiger partial charge in [0.1, 0.15) is 0 Å². The van der Waals surface area contributed by atoms with E-state index in [0.717, 1.165) is 6.07 Å². The van der Waals surface area contributed by atoms with Gasteiger partial charge in [-0.15, -0.1) is 0 Å². The highest BCUT2D eigenvalue weighted by atomic mass is 19.4. The molecule has 1 heterocycles. The molecule has 0 bridgehead atoms. The summed E-state index contributed by atoms with van der Waals surface area (Å²) >= 11 is 0. The SMILES string of the molecule is CN(c1cccnc1)c1ccc(C#N)c(C(F)(F)F)c1. The highest BCUT2D eigenvalue weighted by Gasteiger charge is 2.34. The molecule has 6 heteroatoms. The van der Waals surface area contributed by atoms with Gasteiger partial charge in [-0.3, -0.25) is 4.98 Å². The molecule has 0 unspecified atom stereocenters. The van der Waals surface area contributed by atoms with Gasteiger partial charge >= 0.3 is 6.18 Å². The Kier molecular flexibility index (Phi) is 3.61. The van der Waals surface area contributed by atoms with Crippen LogP contribution in [0.3, 0.4) is 0 Å². The Hall–Kier alpha value is -2.55. The number of hydrogen-bond acceptors (Lipinski definition) is 3. The fourth-order valence-corrected chi connectivity index (χ4v) is 1.77. The lowest BCUT2D eigenvalue weighted by Crippen LogP contribution is -2.13. The normalized spacial score (nSPS) is 10.9. The van der Waals surface area contributed by atoms with Crippen LogP contribution in [0.5, 0.6) is 0 Å². The first-order chi connectivity index (χ1) is 9.43. The molecule has 2 aromatic rings. The summed E-state index contributed by atoms with van der Waals surface area (Å²) in [6.45, 7) is 0. The summed E-state index contributed by atoms with van der Waals surface area (Å²) < 4.78 is 38.7. The highest BCUT2D eigenvalue weighted by molar-refractivity contribution is 5.64. The lowest BCUT2D eigenvalue weighted by Gasteiger charge is -2.20. The molecule has 20 heavy (non-hydrogen) atoms. The molecule has 0 fully saturated rings. The van der Waals surface area contributed by atoms with E-state index in [1.807, 2.05) is 0 Å². The summed E-state index contributed by atoms with van der Waals surface area (Å²) in [5.74, 6) is 0. The topological polar surface area (TPSA) is 39.9 Å². The molecule has 0 spiro atoms. The van der Waals surface area contributed by atoms with Crippen LogP contribution in [0.2, 0.25) is 0 Å². The molecule has 0 aliphatic rings. The van der Waals surface area contributed by atoms with Gasteiger partial charge in [-0.1, -0.05) is 0 Å². The molecule has 0 saturated heterocycles. The lowest BCUT2D eigenvalue weighted by molar-refractivity contribution is -0.137. The van der Waals surface area contributed by atoms with Gasteiger partial charge in [0, 0.05) is 18.9 Å². The summed E-state index contributed by atoms with van der Waals surface area (Å²) in [6, 6.07) is 8.59. The molecule has 0 amide bonds. The number of hydrogen-bond donors (Lipinski definition) is 0. The van der Waals surface area contributed by atoms with E-state index in [1.54, 1.807) is 42.5 Å². The number of pyridine rings is 1. The van der Waals surface area contributed by atoms with Crippen molar-refractivity contribution in [3.63, 3.8) is 0 Å². The Morgan fingerprint density at radius 3 is 2.50 bits per heavy atom. The van der Waals surface area contributed by atoms with Crippen LogP contribution < -0.4 is 4.90 Å². The molecule has 0 atom stereocenters. The summed E-state index contributed by atoms with van der Waals surface area (Å²) in [5, 5.41) is 8.75. The van der Waals surface area contributed by atoms with E-state index in [9.17, 15) is 13.2 Å². The Bertz CT molecular complexity index is 645. The van der Waals surface area contributed by atoms with Crippen molar-refractivity contribution in [2.45, 2.75) is 6.18 Å². The van der Waals surface area contributed by atoms with E-state index in [2.05, 4.69) is 4.98 Å². The first kappa shape index (κ1) is 13.9. The zero-order valence-electron chi connectivity index (χ0n) is 10.5. The molecule has 0 aliphatic carbocycles. The van der Waals surface area contributed by atoms with E-state index in [0.29, 0.717) is 11.4 Å². The van der Waals surface area contributed by atoms with Crippen molar-refractivity contribution in [1.82, 2.24) is 4.98 Å². The van der Waals surface area contributed by atoms with Crippen molar-refractivity contribution in [2.24, 2.45) is 0 Å². The van der Waals surface area contributed by atoms with Crippen molar-refractivity contribution >= 4 is 11.4 Å². The average Bonchev–Trinajstić information content (AvgIpc) is 2.46. The zero-order valence-corrected chi connectivity index (χ0v) is 10.5. The van der Waals surface area contributed by atoms with E-state index >= 15 is 0 Å². The molecule has 102 valence electrons. The maximum atomic E-state index is 12.9. The fraction of sp³-hybridized carbons (Fsp3) is 0.143. The minimum atomic E-state index is -4.56. The Morgan fingerprint density at radius 1 is 1.20 bits per heavy atom. The van der Waals surface area contributed by atoms with Gasteiger partial charge in [-0.05, 0) is 30.3 Å². The van der Waals surface area contributed by atoms with Crippen LogP contribution in [0.4, 0.5) is 24.5 Å². The van der Waals surface area contributed by atoms with Gasteiger partial charge in [0.25, 0.3) is 0 Å². The number of rotatable bonds is 2. The average molecular weight is 277 g/mol. The Labute approximate surface area is 113 Å². The number of benzene rings is 1. The van der Waals surface area contributed by atoms with Crippen LogP contribution in [0.1, 0.15) is 11.1 Å². The van der Waals surface area contributed by atoms with Crippen LogP contribution in [0.25, 0.3) is 0 Å². The number of aromatic nitrogens is 1. The number of nitriles is 1. The third-order valence-corrected chi connectivity index (χ3v) is 2.85. The minimum absolute atomic E-state index is 0.337. The maximum absolute atomic E-state index is 12.9. The van der Waals surface area contributed by atoms with Crippen LogP contribution in [-0.4, -0.2) is 12.0 Å². The predicted octanol–water partition coefficient (Wildman–Crippen LogP) is 3.74. The maximum Gasteiger partial charge on any atom is 0.417 e. The molecule has 0 radical (unpaired) electrons. The van der Waals surface area contributed by atoms with Crippen LogP contribution >= 0.6 is 0 Å². The zero-order chi connectivity index (χ0) is 14.8.